The molecule has 0 aliphatic heterocycles. The van der Waals surface area contributed by atoms with Gasteiger partial charge in [-0.2, -0.15) is 9.97 Å². The highest BCUT2D eigenvalue weighted by Gasteiger charge is 2.16. The van der Waals surface area contributed by atoms with Crippen molar-refractivity contribution in [3.8, 4) is 23.3 Å². The predicted molar refractivity (Wildman–Crippen MR) is 120 cm³/mol. The van der Waals surface area contributed by atoms with Crippen molar-refractivity contribution in [2.24, 2.45) is 0 Å². The first kappa shape index (κ1) is 22.2. The topological polar surface area (TPSA) is 65.9 Å². The highest BCUT2D eigenvalue weighted by Crippen LogP contribution is 2.25. The molecule has 0 saturated heterocycles. The molecule has 1 heterocycles. The summed E-state index contributed by atoms with van der Waals surface area (Å²) in [5.74, 6) is 3.16. The zero-order chi connectivity index (χ0) is 22.1. The maximum absolute atomic E-state index is 5.65. The lowest BCUT2D eigenvalue weighted by molar-refractivity contribution is 0.305. The van der Waals surface area contributed by atoms with Crippen molar-refractivity contribution in [1.29, 1.82) is 0 Å². The number of methoxy groups -OCH3 is 2. The number of ether oxygens (including phenoxy) is 4. The summed E-state index contributed by atoms with van der Waals surface area (Å²) < 4.78 is 21.9. The summed E-state index contributed by atoms with van der Waals surface area (Å²) in [6.45, 7) is 6.09. The largest absolute Gasteiger partial charge is 0.497 e. The zero-order valence-corrected chi connectivity index (χ0v) is 18.5. The normalized spacial score (nSPS) is 10.5. The first-order chi connectivity index (χ1) is 15.1. The van der Waals surface area contributed by atoms with Crippen molar-refractivity contribution in [2.45, 2.75) is 26.9 Å². The van der Waals surface area contributed by atoms with E-state index in [1.165, 1.54) is 0 Å². The number of rotatable bonds is 11. The van der Waals surface area contributed by atoms with Crippen LogP contribution in [0.15, 0.2) is 54.6 Å². The Labute approximate surface area is 183 Å². The molecule has 0 spiro atoms. The Morgan fingerprint density at radius 1 is 0.677 bits per heavy atom. The maximum atomic E-state index is 5.65. The number of hydrogen-bond acceptors (Lipinski definition) is 7. The minimum Gasteiger partial charge on any atom is -0.497 e. The second-order valence-corrected chi connectivity index (χ2v) is 6.76. The molecule has 3 aromatic rings. The van der Waals surface area contributed by atoms with Gasteiger partial charge >= 0.3 is 0 Å². The van der Waals surface area contributed by atoms with Crippen molar-refractivity contribution < 1.29 is 18.9 Å². The lowest BCUT2D eigenvalue weighted by Crippen LogP contribution is -2.24. The van der Waals surface area contributed by atoms with E-state index in [2.05, 4.69) is 14.9 Å². The van der Waals surface area contributed by atoms with Crippen molar-refractivity contribution >= 4 is 5.95 Å². The lowest BCUT2D eigenvalue weighted by atomic mass is 10.1. The first-order valence-corrected chi connectivity index (χ1v) is 10.3. The van der Waals surface area contributed by atoms with Gasteiger partial charge in [-0.15, -0.1) is 0 Å². The van der Waals surface area contributed by atoms with Crippen LogP contribution in [-0.2, 0) is 13.1 Å². The van der Waals surface area contributed by atoms with E-state index in [0.29, 0.717) is 44.0 Å². The monoisotopic (exact) mass is 423 g/mol. The van der Waals surface area contributed by atoms with Crippen LogP contribution in [0.3, 0.4) is 0 Å². The van der Waals surface area contributed by atoms with Gasteiger partial charge in [-0.05, 0) is 49.2 Å². The van der Waals surface area contributed by atoms with Crippen molar-refractivity contribution in [2.75, 3.05) is 32.3 Å². The molecule has 164 valence electrons. The third kappa shape index (κ3) is 6.25. The maximum Gasteiger partial charge on any atom is 0.232 e. The van der Waals surface area contributed by atoms with Crippen molar-refractivity contribution in [1.82, 2.24) is 9.97 Å². The average molecular weight is 424 g/mol. The minimum atomic E-state index is 0.491. The van der Waals surface area contributed by atoms with E-state index in [4.69, 9.17) is 18.9 Å². The Balaban J connectivity index is 1.94. The molecular weight excluding hydrogens is 394 g/mol. The van der Waals surface area contributed by atoms with Crippen LogP contribution in [-0.4, -0.2) is 37.4 Å². The molecule has 3 rings (SSSR count). The van der Waals surface area contributed by atoms with E-state index in [1.807, 2.05) is 62.4 Å². The van der Waals surface area contributed by atoms with Gasteiger partial charge in [0, 0.05) is 13.1 Å². The number of benzene rings is 2. The van der Waals surface area contributed by atoms with Crippen LogP contribution in [0.4, 0.5) is 5.95 Å². The Morgan fingerprint density at radius 2 is 1.10 bits per heavy atom. The van der Waals surface area contributed by atoms with Crippen LogP contribution in [0.25, 0.3) is 0 Å². The van der Waals surface area contributed by atoms with E-state index in [9.17, 15) is 0 Å². The molecule has 7 heteroatoms. The van der Waals surface area contributed by atoms with Gasteiger partial charge < -0.3 is 23.8 Å². The summed E-state index contributed by atoms with van der Waals surface area (Å²) in [5.41, 5.74) is 2.22. The summed E-state index contributed by atoms with van der Waals surface area (Å²) in [4.78, 5) is 11.3. The van der Waals surface area contributed by atoms with Crippen LogP contribution in [0.1, 0.15) is 25.0 Å². The number of anilines is 1. The summed E-state index contributed by atoms with van der Waals surface area (Å²) in [5, 5.41) is 0. The summed E-state index contributed by atoms with van der Waals surface area (Å²) >= 11 is 0. The highest BCUT2D eigenvalue weighted by atomic mass is 16.5. The molecule has 0 N–H and O–H groups in total. The van der Waals surface area contributed by atoms with Crippen LogP contribution in [0.2, 0.25) is 0 Å². The summed E-state index contributed by atoms with van der Waals surface area (Å²) in [6, 6.07) is 17.7. The molecular formula is C24H29N3O4. The lowest BCUT2D eigenvalue weighted by Gasteiger charge is -2.24. The standard InChI is InChI=1S/C24H29N3O4/c1-5-30-22-15-23(31-6-2)26-24(25-22)27(16-18-7-11-20(28-3)12-8-18)17-19-9-13-21(29-4)14-10-19/h7-15H,5-6,16-17H2,1-4H3. The average Bonchev–Trinajstić information content (AvgIpc) is 2.80. The van der Waals surface area contributed by atoms with Gasteiger partial charge in [0.2, 0.25) is 17.7 Å². The van der Waals surface area contributed by atoms with Gasteiger partial charge in [-0.25, -0.2) is 0 Å². The molecule has 0 radical (unpaired) electrons. The van der Waals surface area contributed by atoms with Crippen LogP contribution < -0.4 is 23.8 Å². The molecule has 31 heavy (non-hydrogen) atoms. The number of aromatic nitrogens is 2. The van der Waals surface area contributed by atoms with E-state index in [1.54, 1.807) is 20.3 Å². The second kappa shape index (κ2) is 11.1. The van der Waals surface area contributed by atoms with Crippen LogP contribution in [0.5, 0.6) is 23.3 Å². The Kier molecular flexibility index (Phi) is 7.92. The second-order valence-electron chi connectivity index (χ2n) is 6.76. The van der Waals surface area contributed by atoms with Crippen LogP contribution in [0, 0.1) is 0 Å². The molecule has 0 fully saturated rings. The van der Waals surface area contributed by atoms with E-state index >= 15 is 0 Å². The molecule has 7 nitrogen and oxygen atoms in total. The summed E-state index contributed by atoms with van der Waals surface area (Å²) in [7, 11) is 3.32. The number of hydrogen-bond donors (Lipinski definition) is 0. The fraction of sp³-hybridized carbons (Fsp3) is 0.333. The SMILES string of the molecule is CCOc1cc(OCC)nc(N(Cc2ccc(OC)cc2)Cc2ccc(OC)cc2)n1. The molecule has 1 aromatic heterocycles. The third-order valence-electron chi connectivity index (χ3n) is 4.60. The third-order valence-corrected chi connectivity index (χ3v) is 4.60. The van der Waals surface area contributed by atoms with Crippen molar-refractivity contribution in [3.05, 3.63) is 65.7 Å². The molecule has 2 aromatic carbocycles. The smallest absolute Gasteiger partial charge is 0.232 e. The van der Waals surface area contributed by atoms with Gasteiger partial charge in [0.25, 0.3) is 0 Å². The van der Waals surface area contributed by atoms with Gasteiger partial charge in [-0.1, -0.05) is 24.3 Å². The first-order valence-electron chi connectivity index (χ1n) is 10.3. The van der Waals surface area contributed by atoms with Gasteiger partial charge in [0.05, 0.1) is 33.5 Å². The zero-order valence-electron chi connectivity index (χ0n) is 18.5. The molecule has 0 atom stereocenters. The molecule has 0 bridgehead atoms. The quantitative estimate of drug-likeness (QED) is 0.450. The van der Waals surface area contributed by atoms with E-state index < -0.39 is 0 Å². The molecule has 0 aliphatic carbocycles. The molecule has 0 saturated carbocycles. The van der Waals surface area contributed by atoms with E-state index in [0.717, 1.165) is 22.6 Å². The molecule has 0 aliphatic rings. The Morgan fingerprint density at radius 3 is 1.45 bits per heavy atom. The Hall–Kier alpha value is -3.48. The molecule has 0 amide bonds. The highest BCUT2D eigenvalue weighted by molar-refractivity contribution is 5.40. The Bertz CT molecular complexity index is 872. The fourth-order valence-corrected chi connectivity index (χ4v) is 3.08. The molecule has 0 unspecified atom stereocenters. The summed E-state index contributed by atoms with van der Waals surface area (Å²) in [6.07, 6.45) is 0. The van der Waals surface area contributed by atoms with Gasteiger partial charge in [0.1, 0.15) is 11.5 Å². The van der Waals surface area contributed by atoms with Crippen LogP contribution >= 0.6 is 0 Å². The minimum absolute atomic E-state index is 0.491. The number of nitrogens with zero attached hydrogens (tertiary/aromatic N) is 3. The predicted octanol–water partition coefficient (Wildman–Crippen LogP) is 4.50. The van der Waals surface area contributed by atoms with Gasteiger partial charge in [0.15, 0.2) is 0 Å². The van der Waals surface area contributed by atoms with Gasteiger partial charge in [-0.3, -0.25) is 0 Å². The fourth-order valence-electron chi connectivity index (χ4n) is 3.08. The van der Waals surface area contributed by atoms with Crippen molar-refractivity contribution in [3.63, 3.8) is 0 Å². The van der Waals surface area contributed by atoms with E-state index in [-0.39, 0.29) is 0 Å².